The van der Waals surface area contributed by atoms with E-state index >= 15 is 0 Å². The third-order valence-electron chi connectivity index (χ3n) is 4.31. The van der Waals surface area contributed by atoms with Gasteiger partial charge in [0.05, 0.1) is 6.61 Å². The second-order valence-electron chi connectivity index (χ2n) is 5.91. The molecule has 1 aromatic carbocycles. The molecule has 2 N–H and O–H groups in total. The maximum atomic E-state index is 12.3. The van der Waals surface area contributed by atoms with Crippen LogP contribution in [0.5, 0.6) is 0 Å². The van der Waals surface area contributed by atoms with Gasteiger partial charge in [-0.05, 0) is 43.4 Å². The number of carbonyl (C=O) groups excluding carboxylic acids is 1. The molecular formula is C16H22N2O2. The molecule has 2 fully saturated rings. The summed E-state index contributed by atoms with van der Waals surface area (Å²) in [6, 6.07) is 9.17. The van der Waals surface area contributed by atoms with Crippen molar-refractivity contribution in [3.63, 3.8) is 0 Å². The van der Waals surface area contributed by atoms with E-state index < -0.39 is 0 Å². The van der Waals surface area contributed by atoms with Gasteiger partial charge in [0.1, 0.15) is 0 Å². The Bertz CT molecular complexity index is 477. The third kappa shape index (κ3) is 3.02. The Morgan fingerprint density at radius 3 is 2.80 bits per heavy atom. The van der Waals surface area contributed by atoms with E-state index in [1.54, 1.807) is 7.11 Å². The van der Waals surface area contributed by atoms with Crippen LogP contribution in [0.1, 0.15) is 41.6 Å². The van der Waals surface area contributed by atoms with Crippen molar-refractivity contribution in [3.05, 3.63) is 35.4 Å². The topological polar surface area (TPSA) is 50.4 Å². The summed E-state index contributed by atoms with van der Waals surface area (Å²) in [5.74, 6) is 0.0363. The summed E-state index contributed by atoms with van der Waals surface area (Å²) >= 11 is 0. The van der Waals surface area contributed by atoms with Gasteiger partial charge in [-0.2, -0.15) is 0 Å². The minimum Gasteiger partial charge on any atom is -0.380 e. The summed E-state index contributed by atoms with van der Waals surface area (Å²) < 4.78 is 5.11. The predicted molar refractivity (Wildman–Crippen MR) is 77.6 cm³/mol. The van der Waals surface area contributed by atoms with Gasteiger partial charge in [-0.3, -0.25) is 4.79 Å². The highest BCUT2D eigenvalue weighted by Gasteiger charge is 2.34. The van der Waals surface area contributed by atoms with E-state index in [2.05, 4.69) is 10.6 Å². The quantitative estimate of drug-likeness (QED) is 0.881. The Kier molecular flexibility index (Phi) is 4.03. The van der Waals surface area contributed by atoms with Crippen LogP contribution in [0.15, 0.2) is 24.3 Å². The van der Waals surface area contributed by atoms with E-state index in [4.69, 9.17) is 4.74 Å². The van der Waals surface area contributed by atoms with Gasteiger partial charge in [-0.15, -0.1) is 0 Å². The van der Waals surface area contributed by atoms with Gasteiger partial charge in [0.25, 0.3) is 5.91 Å². The summed E-state index contributed by atoms with van der Waals surface area (Å²) in [5, 5.41) is 6.78. The second-order valence-corrected chi connectivity index (χ2v) is 5.91. The van der Waals surface area contributed by atoms with E-state index in [0.29, 0.717) is 24.7 Å². The Hall–Kier alpha value is -1.39. The lowest BCUT2D eigenvalue weighted by molar-refractivity contribution is 0.0923. The Morgan fingerprint density at radius 1 is 1.35 bits per heavy atom. The molecule has 0 radical (unpaired) electrons. The largest absolute Gasteiger partial charge is 0.380 e. The number of hydrogen-bond donors (Lipinski definition) is 2. The van der Waals surface area contributed by atoms with E-state index in [0.717, 1.165) is 24.0 Å². The van der Waals surface area contributed by atoms with Gasteiger partial charge in [0.2, 0.25) is 0 Å². The molecule has 2 atom stereocenters. The molecule has 0 saturated carbocycles. The van der Waals surface area contributed by atoms with E-state index in [-0.39, 0.29) is 5.91 Å². The zero-order valence-corrected chi connectivity index (χ0v) is 11.9. The average Bonchev–Trinajstić information content (AvgIpc) is 2.79. The van der Waals surface area contributed by atoms with Crippen LogP contribution in [-0.4, -0.2) is 31.1 Å². The number of amides is 1. The Morgan fingerprint density at radius 2 is 2.10 bits per heavy atom. The molecule has 2 unspecified atom stereocenters. The van der Waals surface area contributed by atoms with Crippen LogP contribution < -0.4 is 10.6 Å². The van der Waals surface area contributed by atoms with Crippen LogP contribution in [0.25, 0.3) is 0 Å². The number of benzene rings is 1. The van der Waals surface area contributed by atoms with Crippen molar-refractivity contribution < 1.29 is 9.53 Å². The molecule has 1 aromatic rings. The molecule has 4 heteroatoms. The zero-order chi connectivity index (χ0) is 13.9. The Labute approximate surface area is 119 Å². The number of rotatable bonds is 4. The zero-order valence-electron chi connectivity index (χ0n) is 11.9. The molecular weight excluding hydrogens is 252 g/mol. The smallest absolute Gasteiger partial charge is 0.251 e. The first-order valence-corrected chi connectivity index (χ1v) is 7.39. The van der Waals surface area contributed by atoms with Crippen LogP contribution in [0.4, 0.5) is 0 Å². The minimum absolute atomic E-state index is 0.0363. The van der Waals surface area contributed by atoms with Crippen LogP contribution >= 0.6 is 0 Å². The highest BCUT2D eigenvalue weighted by atomic mass is 16.5. The number of carbonyl (C=O) groups is 1. The first-order valence-electron chi connectivity index (χ1n) is 7.39. The molecule has 1 amide bonds. The highest BCUT2D eigenvalue weighted by molar-refractivity contribution is 5.94. The summed E-state index contributed by atoms with van der Waals surface area (Å²) in [4.78, 5) is 12.3. The summed E-state index contributed by atoms with van der Waals surface area (Å²) in [7, 11) is 1.66. The molecule has 2 bridgehead atoms. The summed E-state index contributed by atoms with van der Waals surface area (Å²) in [6.45, 7) is 0.540. The first-order chi connectivity index (χ1) is 9.74. The van der Waals surface area contributed by atoms with Crippen LogP contribution in [0.3, 0.4) is 0 Å². The predicted octanol–water partition coefficient (Wildman–Crippen LogP) is 1.85. The lowest BCUT2D eigenvalue weighted by Gasteiger charge is -2.29. The molecule has 20 heavy (non-hydrogen) atoms. The van der Waals surface area contributed by atoms with Crippen molar-refractivity contribution in [3.8, 4) is 0 Å². The number of hydrogen-bond acceptors (Lipinski definition) is 3. The number of ether oxygens (including phenoxy) is 1. The van der Waals surface area contributed by atoms with E-state index in [1.165, 1.54) is 12.8 Å². The van der Waals surface area contributed by atoms with Crippen LogP contribution in [0, 0.1) is 0 Å². The molecule has 0 aromatic heterocycles. The second kappa shape index (κ2) is 5.94. The number of fused-ring (bicyclic) bond motifs is 2. The van der Waals surface area contributed by atoms with Crippen molar-refractivity contribution in [1.82, 2.24) is 10.6 Å². The average molecular weight is 274 g/mol. The molecule has 4 nitrogen and oxygen atoms in total. The number of nitrogens with one attached hydrogen (secondary N) is 2. The van der Waals surface area contributed by atoms with Crippen molar-refractivity contribution in [2.45, 2.75) is 50.4 Å². The first kappa shape index (κ1) is 13.6. The lowest BCUT2D eigenvalue weighted by Crippen LogP contribution is -2.48. The van der Waals surface area contributed by atoms with Gasteiger partial charge in [-0.25, -0.2) is 0 Å². The molecule has 2 aliphatic heterocycles. The minimum atomic E-state index is 0.0363. The molecule has 2 heterocycles. The van der Waals surface area contributed by atoms with Crippen molar-refractivity contribution in [2.75, 3.05) is 7.11 Å². The molecule has 0 spiro atoms. The van der Waals surface area contributed by atoms with Crippen molar-refractivity contribution in [1.29, 1.82) is 0 Å². The maximum absolute atomic E-state index is 12.3. The lowest BCUT2D eigenvalue weighted by atomic mass is 9.99. The maximum Gasteiger partial charge on any atom is 0.251 e. The van der Waals surface area contributed by atoms with Crippen LogP contribution in [-0.2, 0) is 11.3 Å². The fraction of sp³-hybridized carbons (Fsp3) is 0.562. The van der Waals surface area contributed by atoms with Gasteiger partial charge >= 0.3 is 0 Å². The number of methoxy groups -OCH3 is 1. The fourth-order valence-corrected chi connectivity index (χ4v) is 3.41. The third-order valence-corrected chi connectivity index (χ3v) is 4.31. The summed E-state index contributed by atoms with van der Waals surface area (Å²) in [5.41, 5.74) is 1.76. The number of piperidine rings is 1. The van der Waals surface area contributed by atoms with Gasteiger partial charge < -0.3 is 15.4 Å². The van der Waals surface area contributed by atoms with Gasteiger partial charge in [-0.1, -0.05) is 12.1 Å². The van der Waals surface area contributed by atoms with Crippen molar-refractivity contribution in [2.24, 2.45) is 0 Å². The Balaban J connectivity index is 1.62. The van der Waals surface area contributed by atoms with Gasteiger partial charge in [0.15, 0.2) is 0 Å². The molecule has 108 valence electrons. The molecule has 2 saturated heterocycles. The standard InChI is InChI=1S/C16H22N2O2/c1-20-10-11-3-2-4-12(7-11)16(19)18-15-8-13-5-6-14(9-15)17-13/h2-4,7,13-15,17H,5-6,8-10H2,1H3,(H,18,19). The van der Waals surface area contributed by atoms with E-state index in [9.17, 15) is 4.79 Å². The molecule has 0 aliphatic carbocycles. The summed E-state index contributed by atoms with van der Waals surface area (Å²) in [6.07, 6.45) is 4.61. The monoisotopic (exact) mass is 274 g/mol. The highest BCUT2D eigenvalue weighted by Crippen LogP contribution is 2.26. The SMILES string of the molecule is COCc1cccc(C(=O)NC2CC3CCC(C2)N3)c1. The van der Waals surface area contributed by atoms with E-state index in [1.807, 2.05) is 24.3 Å². The van der Waals surface area contributed by atoms with Crippen molar-refractivity contribution >= 4 is 5.91 Å². The molecule has 3 rings (SSSR count). The van der Waals surface area contributed by atoms with Gasteiger partial charge in [0, 0.05) is 30.8 Å². The normalized spacial score (nSPS) is 28.4. The fourth-order valence-electron chi connectivity index (χ4n) is 3.41. The molecule has 2 aliphatic rings. The van der Waals surface area contributed by atoms with Crippen LogP contribution in [0.2, 0.25) is 0 Å².